The molecule has 1 aromatic rings. The number of carboxylic acids is 1. The van der Waals surface area contributed by atoms with E-state index in [4.69, 9.17) is 14.9 Å². The van der Waals surface area contributed by atoms with E-state index < -0.39 is 30.3 Å². The predicted octanol–water partition coefficient (Wildman–Crippen LogP) is 0.156. The SMILES string of the molecule is O=C(CCOc1cccc(F)c1)N[C@H](CO)C(=O)O. The number of rotatable bonds is 7. The molecule has 0 bridgehead atoms. The molecule has 7 heteroatoms. The molecule has 19 heavy (non-hydrogen) atoms. The number of ether oxygens (including phenoxy) is 1. The van der Waals surface area contributed by atoms with Crippen molar-refractivity contribution in [2.75, 3.05) is 13.2 Å². The van der Waals surface area contributed by atoms with Crippen LogP contribution in [-0.4, -0.2) is 41.3 Å². The van der Waals surface area contributed by atoms with Gasteiger partial charge in [-0.2, -0.15) is 0 Å². The summed E-state index contributed by atoms with van der Waals surface area (Å²) < 4.78 is 17.9. The number of nitrogens with one attached hydrogen (secondary N) is 1. The molecule has 0 saturated carbocycles. The molecule has 104 valence electrons. The van der Waals surface area contributed by atoms with E-state index in [2.05, 4.69) is 5.32 Å². The quantitative estimate of drug-likeness (QED) is 0.656. The lowest BCUT2D eigenvalue weighted by atomic mass is 10.3. The lowest BCUT2D eigenvalue weighted by Crippen LogP contribution is -2.43. The van der Waals surface area contributed by atoms with E-state index in [0.29, 0.717) is 0 Å². The van der Waals surface area contributed by atoms with Crippen molar-refractivity contribution < 1.29 is 28.9 Å². The highest BCUT2D eigenvalue weighted by atomic mass is 19.1. The summed E-state index contributed by atoms with van der Waals surface area (Å²) in [5, 5.41) is 19.4. The first-order valence-corrected chi connectivity index (χ1v) is 5.54. The fraction of sp³-hybridized carbons (Fsp3) is 0.333. The Balaban J connectivity index is 2.33. The zero-order valence-corrected chi connectivity index (χ0v) is 10.0. The minimum Gasteiger partial charge on any atom is -0.493 e. The highest BCUT2D eigenvalue weighted by molar-refractivity contribution is 5.83. The highest BCUT2D eigenvalue weighted by Gasteiger charge is 2.18. The number of hydrogen-bond donors (Lipinski definition) is 3. The average molecular weight is 271 g/mol. The lowest BCUT2D eigenvalue weighted by Gasteiger charge is -2.11. The maximum atomic E-state index is 12.8. The number of carboxylic acid groups (broad SMARTS) is 1. The van der Waals surface area contributed by atoms with E-state index in [1.165, 1.54) is 24.3 Å². The number of aliphatic hydroxyl groups is 1. The van der Waals surface area contributed by atoms with Gasteiger partial charge in [0, 0.05) is 6.07 Å². The molecule has 0 heterocycles. The second-order valence-electron chi connectivity index (χ2n) is 3.70. The van der Waals surface area contributed by atoms with Crippen LogP contribution in [0.2, 0.25) is 0 Å². The van der Waals surface area contributed by atoms with Crippen molar-refractivity contribution in [3.8, 4) is 5.75 Å². The van der Waals surface area contributed by atoms with Gasteiger partial charge >= 0.3 is 5.97 Å². The monoisotopic (exact) mass is 271 g/mol. The fourth-order valence-electron chi connectivity index (χ4n) is 1.27. The van der Waals surface area contributed by atoms with Crippen LogP contribution in [0.3, 0.4) is 0 Å². The largest absolute Gasteiger partial charge is 0.493 e. The molecule has 1 amide bonds. The Bertz CT molecular complexity index is 452. The second-order valence-corrected chi connectivity index (χ2v) is 3.70. The van der Waals surface area contributed by atoms with Crippen LogP contribution in [0.4, 0.5) is 4.39 Å². The summed E-state index contributed by atoms with van der Waals surface area (Å²) in [6, 6.07) is 4.11. The molecular weight excluding hydrogens is 257 g/mol. The average Bonchev–Trinajstić information content (AvgIpc) is 2.35. The Labute approximate surface area is 108 Å². The van der Waals surface area contributed by atoms with Crippen molar-refractivity contribution in [3.05, 3.63) is 30.1 Å². The molecule has 6 nitrogen and oxygen atoms in total. The first kappa shape index (κ1) is 14.9. The Morgan fingerprint density at radius 3 is 2.74 bits per heavy atom. The van der Waals surface area contributed by atoms with Crippen molar-refractivity contribution >= 4 is 11.9 Å². The van der Waals surface area contributed by atoms with Gasteiger partial charge in [0.05, 0.1) is 19.6 Å². The van der Waals surface area contributed by atoms with E-state index in [0.717, 1.165) is 0 Å². The van der Waals surface area contributed by atoms with Crippen molar-refractivity contribution in [2.24, 2.45) is 0 Å². The number of aliphatic carboxylic acids is 1. The molecule has 0 spiro atoms. The molecule has 0 radical (unpaired) electrons. The summed E-state index contributed by atoms with van der Waals surface area (Å²) in [6.45, 7) is -0.709. The number of carbonyl (C=O) groups excluding carboxylic acids is 1. The van der Waals surface area contributed by atoms with Gasteiger partial charge in [0.1, 0.15) is 17.6 Å². The molecule has 0 aromatic heterocycles. The third-order valence-electron chi connectivity index (χ3n) is 2.21. The molecule has 0 unspecified atom stereocenters. The molecule has 0 aliphatic heterocycles. The number of benzene rings is 1. The molecule has 0 fully saturated rings. The van der Waals surface area contributed by atoms with Gasteiger partial charge < -0.3 is 20.3 Å². The smallest absolute Gasteiger partial charge is 0.328 e. The summed E-state index contributed by atoms with van der Waals surface area (Å²) >= 11 is 0. The lowest BCUT2D eigenvalue weighted by molar-refractivity contribution is -0.143. The van der Waals surface area contributed by atoms with Gasteiger partial charge in [-0.1, -0.05) is 6.07 Å². The molecule has 1 rings (SSSR count). The normalized spacial score (nSPS) is 11.7. The highest BCUT2D eigenvalue weighted by Crippen LogP contribution is 2.11. The topological polar surface area (TPSA) is 95.9 Å². The van der Waals surface area contributed by atoms with Gasteiger partial charge in [0.15, 0.2) is 0 Å². The van der Waals surface area contributed by atoms with E-state index >= 15 is 0 Å². The zero-order chi connectivity index (χ0) is 14.3. The van der Waals surface area contributed by atoms with Crippen LogP contribution in [0.5, 0.6) is 5.75 Å². The molecule has 1 atom stereocenters. The van der Waals surface area contributed by atoms with E-state index in [9.17, 15) is 14.0 Å². The first-order valence-electron chi connectivity index (χ1n) is 5.54. The number of amides is 1. The van der Waals surface area contributed by atoms with Crippen LogP contribution >= 0.6 is 0 Å². The summed E-state index contributed by atoms with van der Waals surface area (Å²) in [5.41, 5.74) is 0. The van der Waals surface area contributed by atoms with Gasteiger partial charge in [-0.3, -0.25) is 4.79 Å². The maximum absolute atomic E-state index is 12.8. The van der Waals surface area contributed by atoms with Crippen LogP contribution in [0.15, 0.2) is 24.3 Å². The molecule has 0 aliphatic rings. The Morgan fingerprint density at radius 1 is 1.42 bits per heavy atom. The minimum absolute atomic E-state index is 0.0208. The number of carbonyl (C=O) groups is 2. The van der Waals surface area contributed by atoms with Crippen molar-refractivity contribution in [1.29, 1.82) is 0 Å². The molecule has 0 aliphatic carbocycles. The molecular formula is C12H14FNO5. The van der Waals surface area contributed by atoms with Gasteiger partial charge in [-0.25, -0.2) is 9.18 Å². The van der Waals surface area contributed by atoms with Crippen molar-refractivity contribution in [2.45, 2.75) is 12.5 Å². The predicted molar refractivity (Wildman–Crippen MR) is 63.2 cm³/mol. The van der Waals surface area contributed by atoms with Crippen LogP contribution in [0.1, 0.15) is 6.42 Å². The fourth-order valence-corrected chi connectivity index (χ4v) is 1.27. The van der Waals surface area contributed by atoms with E-state index in [1.54, 1.807) is 0 Å². The third kappa shape index (κ3) is 5.35. The zero-order valence-electron chi connectivity index (χ0n) is 10.0. The number of hydrogen-bond acceptors (Lipinski definition) is 4. The van der Waals surface area contributed by atoms with Crippen LogP contribution in [0.25, 0.3) is 0 Å². The third-order valence-corrected chi connectivity index (χ3v) is 2.21. The van der Waals surface area contributed by atoms with Crippen LogP contribution < -0.4 is 10.1 Å². The minimum atomic E-state index is -1.33. The maximum Gasteiger partial charge on any atom is 0.328 e. The van der Waals surface area contributed by atoms with E-state index in [-0.39, 0.29) is 18.8 Å². The van der Waals surface area contributed by atoms with Crippen LogP contribution in [-0.2, 0) is 9.59 Å². The van der Waals surface area contributed by atoms with Gasteiger partial charge in [-0.15, -0.1) is 0 Å². The van der Waals surface area contributed by atoms with E-state index in [1.807, 2.05) is 0 Å². The number of aliphatic hydroxyl groups excluding tert-OH is 1. The molecule has 0 saturated heterocycles. The first-order chi connectivity index (χ1) is 9.02. The molecule has 1 aromatic carbocycles. The summed E-state index contributed by atoms with van der Waals surface area (Å²) in [4.78, 5) is 21.9. The van der Waals surface area contributed by atoms with Crippen LogP contribution in [0, 0.1) is 5.82 Å². The summed E-state index contributed by atoms with van der Waals surface area (Å²) in [5.74, 6) is -2.06. The molecule has 3 N–H and O–H groups in total. The number of halogens is 1. The van der Waals surface area contributed by atoms with Gasteiger partial charge in [-0.05, 0) is 12.1 Å². The van der Waals surface area contributed by atoms with Gasteiger partial charge in [0.25, 0.3) is 0 Å². The summed E-state index contributed by atoms with van der Waals surface area (Å²) in [7, 11) is 0. The van der Waals surface area contributed by atoms with Crippen molar-refractivity contribution in [1.82, 2.24) is 5.32 Å². The van der Waals surface area contributed by atoms with Gasteiger partial charge in [0.2, 0.25) is 5.91 Å². The standard InChI is InChI=1S/C12H14FNO5/c13-8-2-1-3-9(6-8)19-5-4-11(16)14-10(7-15)12(17)18/h1-3,6,10,15H,4-5,7H2,(H,14,16)(H,17,18)/t10-/m1/s1. The second kappa shape index (κ2) is 7.32. The summed E-state index contributed by atoms with van der Waals surface area (Å²) in [6.07, 6.45) is -0.0969. The Kier molecular flexibility index (Phi) is 5.74. The Hall–Kier alpha value is -2.15. The Morgan fingerprint density at radius 2 is 2.16 bits per heavy atom. The van der Waals surface area contributed by atoms with Crippen molar-refractivity contribution in [3.63, 3.8) is 0 Å².